The lowest BCUT2D eigenvalue weighted by molar-refractivity contribution is 0.284. The maximum Gasteiger partial charge on any atom is 0.180 e. The summed E-state index contributed by atoms with van der Waals surface area (Å²) in [7, 11) is 2.12. The SMILES string of the molecule is CCNc1cn2ccnc2c(NCCN(C)C(C)C)n1. The molecule has 0 saturated carbocycles. The summed E-state index contributed by atoms with van der Waals surface area (Å²) >= 11 is 0. The zero-order chi connectivity index (χ0) is 14.5. The fourth-order valence-electron chi connectivity index (χ4n) is 1.93. The number of imidazole rings is 1. The number of likely N-dealkylation sites (N-methyl/N-ethyl adjacent to an activating group) is 1. The molecule has 2 heterocycles. The van der Waals surface area contributed by atoms with Crippen LogP contribution in [0.2, 0.25) is 0 Å². The van der Waals surface area contributed by atoms with E-state index in [1.807, 2.05) is 16.8 Å². The molecule has 0 spiro atoms. The molecule has 0 radical (unpaired) electrons. The molecule has 6 nitrogen and oxygen atoms in total. The zero-order valence-corrected chi connectivity index (χ0v) is 12.7. The fraction of sp³-hybridized carbons (Fsp3) is 0.571. The van der Waals surface area contributed by atoms with Gasteiger partial charge in [0.15, 0.2) is 11.5 Å². The highest BCUT2D eigenvalue weighted by molar-refractivity contribution is 5.65. The van der Waals surface area contributed by atoms with Crippen molar-refractivity contribution in [3.05, 3.63) is 18.6 Å². The Balaban J connectivity index is 2.09. The Labute approximate surface area is 120 Å². The lowest BCUT2D eigenvalue weighted by Crippen LogP contribution is -2.31. The molecule has 0 saturated heterocycles. The van der Waals surface area contributed by atoms with Crippen molar-refractivity contribution in [3.8, 4) is 0 Å². The van der Waals surface area contributed by atoms with E-state index in [0.717, 1.165) is 36.9 Å². The Bertz CT molecular complexity index is 548. The van der Waals surface area contributed by atoms with Gasteiger partial charge in [-0.15, -0.1) is 0 Å². The first-order chi connectivity index (χ1) is 9.61. The summed E-state index contributed by atoms with van der Waals surface area (Å²) in [6.07, 6.45) is 5.68. The molecule has 2 aromatic heterocycles. The summed E-state index contributed by atoms with van der Waals surface area (Å²) in [5, 5.41) is 6.62. The second-order valence-corrected chi connectivity index (χ2v) is 5.16. The molecule has 110 valence electrons. The fourth-order valence-corrected chi connectivity index (χ4v) is 1.93. The summed E-state index contributed by atoms with van der Waals surface area (Å²) < 4.78 is 1.99. The normalized spacial score (nSPS) is 11.5. The van der Waals surface area contributed by atoms with Crippen LogP contribution in [-0.2, 0) is 0 Å². The van der Waals surface area contributed by atoms with Crippen LogP contribution in [0.5, 0.6) is 0 Å². The van der Waals surface area contributed by atoms with Crippen molar-refractivity contribution in [1.82, 2.24) is 19.3 Å². The van der Waals surface area contributed by atoms with Gasteiger partial charge >= 0.3 is 0 Å². The minimum atomic E-state index is 0.546. The van der Waals surface area contributed by atoms with E-state index < -0.39 is 0 Å². The molecule has 0 fully saturated rings. The van der Waals surface area contributed by atoms with Gasteiger partial charge < -0.3 is 19.9 Å². The first-order valence-electron chi connectivity index (χ1n) is 7.13. The van der Waals surface area contributed by atoms with Gasteiger partial charge in [0.1, 0.15) is 5.82 Å². The standard InChI is InChI=1S/C14H24N6/c1-5-15-12-10-20-9-7-17-14(20)13(18-12)16-6-8-19(4)11(2)3/h7,9-11,15H,5-6,8H2,1-4H3,(H,16,18). The number of fused-ring (bicyclic) bond motifs is 1. The highest BCUT2D eigenvalue weighted by Gasteiger charge is 2.08. The summed E-state index contributed by atoms with van der Waals surface area (Å²) in [6.45, 7) is 9.11. The van der Waals surface area contributed by atoms with Crippen LogP contribution in [-0.4, -0.2) is 52.0 Å². The predicted octanol–water partition coefficient (Wildman–Crippen LogP) is 1.91. The topological polar surface area (TPSA) is 57.5 Å². The number of nitrogens with one attached hydrogen (secondary N) is 2. The summed E-state index contributed by atoms with van der Waals surface area (Å²) in [4.78, 5) is 11.2. The third kappa shape index (κ3) is 3.39. The molecular weight excluding hydrogens is 252 g/mol. The minimum absolute atomic E-state index is 0.546. The van der Waals surface area contributed by atoms with E-state index in [4.69, 9.17) is 0 Å². The van der Waals surface area contributed by atoms with Crippen molar-refractivity contribution in [3.63, 3.8) is 0 Å². The second kappa shape index (κ2) is 6.56. The predicted molar refractivity (Wildman–Crippen MR) is 83.4 cm³/mol. The van der Waals surface area contributed by atoms with Crippen LogP contribution in [0.4, 0.5) is 11.6 Å². The molecule has 0 aliphatic carbocycles. The monoisotopic (exact) mass is 276 g/mol. The minimum Gasteiger partial charge on any atom is -0.369 e. The van der Waals surface area contributed by atoms with Gasteiger partial charge in [-0.1, -0.05) is 0 Å². The summed E-state index contributed by atoms with van der Waals surface area (Å²) in [5.41, 5.74) is 0.860. The van der Waals surface area contributed by atoms with Crippen molar-refractivity contribution in [2.45, 2.75) is 26.8 Å². The van der Waals surface area contributed by atoms with Crippen LogP contribution < -0.4 is 10.6 Å². The van der Waals surface area contributed by atoms with E-state index >= 15 is 0 Å². The van der Waals surface area contributed by atoms with Crippen LogP contribution in [0.1, 0.15) is 20.8 Å². The van der Waals surface area contributed by atoms with Crippen LogP contribution >= 0.6 is 0 Å². The maximum atomic E-state index is 4.58. The van der Waals surface area contributed by atoms with Crippen molar-refractivity contribution in [2.75, 3.05) is 37.3 Å². The Morgan fingerprint density at radius 2 is 2.15 bits per heavy atom. The number of anilines is 2. The Morgan fingerprint density at radius 3 is 2.85 bits per heavy atom. The van der Waals surface area contributed by atoms with Crippen LogP contribution in [0.15, 0.2) is 18.6 Å². The molecule has 0 aliphatic heterocycles. The van der Waals surface area contributed by atoms with Crippen molar-refractivity contribution in [2.24, 2.45) is 0 Å². The molecule has 0 amide bonds. The lowest BCUT2D eigenvalue weighted by atomic mass is 10.3. The summed E-state index contributed by atoms with van der Waals surface area (Å²) in [5.74, 6) is 1.68. The lowest BCUT2D eigenvalue weighted by Gasteiger charge is -2.21. The Kier molecular flexibility index (Phi) is 4.79. The molecular formula is C14H24N6. The van der Waals surface area contributed by atoms with Crippen molar-refractivity contribution < 1.29 is 0 Å². The number of hydrogen-bond donors (Lipinski definition) is 2. The Morgan fingerprint density at radius 1 is 1.35 bits per heavy atom. The second-order valence-electron chi connectivity index (χ2n) is 5.16. The van der Waals surface area contributed by atoms with E-state index in [0.29, 0.717) is 6.04 Å². The molecule has 0 aliphatic rings. The van der Waals surface area contributed by atoms with E-state index in [2.05, 4.69) is 53.3 Å². The van der Waals surface area contributed by atoms with Crippen LogP contribution in [0.3, 0.4) is 0 Å². The molecule has 6 heteroatoms. The van der Waals surface area contributed by atoms with E-state index in [9.17, 15) is 0 Å². The molecule has 0 atom stereocenters. The molecule has 2 aromatic rings. The molecule has 0 unspecified atom stereocenters. The summed E-state index contributed by atoms with van der Waals surface area (Å²) in [6, 6.07) is 0.546. The van der Waals surface area contributed by atoms with Gasteiger partial charge in [0.2, 0.25) is 0 Å². The van der Waals surface area contributed by atoms with Crippen molar-refractivity contribution >= 4 is 17.3 Å². The van der Waals surface area contributed by atoms with Gasteiger partial charge in [-0.3, -0.25) is 0 Å². The van der Waals surface area contributed by atoms with Crippen LogP contribution in [0, 0.1) is 0 Å². The van der Waals surface area contributed by atoms with Gasteiger partial charge in [-0.2, -0.15) is 0 Å². The Hall–Kier alpha value is -1.82. The largest absolute Gasteiger partial charge is 0.369 e. The molecule has 2 N–H and O–H groups in total. The van der Waals surface area contributed by atoms with Gasteiger partial charge in [0.25, 0.3) is 0 Å². The first-order valence-corrected chi connectivity index (χ1v) is 7.13. The van der Waals surface area contributed by atoms with Gasteiger partial charge in [0.05, 0.1) is 6.20 Å². The quantitative estimate of drug-likeness (QED) is 0.809. The van der Waals surface area contributed by atoms with Crippen LogP contribution in [0.25, 0.3) is 5.65 Å². The van der Waals surface area contributed by atoms with Gasteiger partial charge in [-0.25, -0.2) is 9.97 Å². The number of rotatable bonds is 7. The third-order valence-corrected chi connectivity index (χ3v) is 3.37. The average Bonchev–Trinajstić information content (AvgIpc) is 2.87. The van der Waals surface area contributed by atoms with Gasteiger partial charge in [0, 0.05) is 38.1 Å². The van der Waals surface area contributed by atoms with Gasteiger partial charge in [-0.05, 0) is 27.8 Å². The van der Waals surface area contributed by atoms with E-state index in [1.54, 1.807) is 6.20 Å². The molecule has 0 bridgehead atoms. The average molecular weight is 276 g/mol. The van der Waals surface area contributed by atoms with Crippen molar-refractivity contribution in [1.29, 1.82) is 0 Å². The van der Waals surface area contributed by atoms with E-state index in [-0.39, 0.29) is 0 Å². The molecule has 0 aromatic carbocycles. The number of hydrogen-bond acceptors (Lipinski definition) is 5. The molecule has 20 heavy (non-hydrogen) atoms. The zero-order valence-electron chi connectivity index (χ0n) is 12.7. The highest BCUT2D eigenvalue weighted by Crippen LogP contribution is 2.16. The third-order valence-electron chi connectivity index (χ3n) is 3.37. The highest BCUT2D eigenvalue weighted by atomic mass is 15.2. The maximum absolute atomic E-state index is 4.58. The number of nitrogens with zero attached hydrogens (tertiary/aromatic N) is 4. The smallest absolute Gasteiger partial charge is 0.180 e. The first kappa shape index (κ1) is 14.6. The molecule has 2 rings (SSSR count). The van der Waals surface area contributed by atoms with E-state index in [1.165, 1.54) is 0 Å². The number of aromatic nitrogens is 3.